The molecule has 3 unspecified atom stereocenters. The van der Waals surface area contributed by atoms with Gasteiger partial charge in [0.25, 0.3) is 0 Å². The molecule has 2 aromatic rings. The number of ketones is 1. The Morgan fingerprint density at radius 1 is 0.729 bits per heavy atom. The van der Waals surface area contributed by atoms with Gasteiger partial charge in [-0.3, -0.25) is 4.79 Å². The van der Waals surface area contributed by atoms with Gasteiger partial charge in [-0.15, -0.1) is 0 Å². The lowest BCUT2D eigenvalue weighted by molar-refractivity contribution is -0.154. The molecule has 4 heteroatoms. The maximum Gasteiger partial charge on any atom is 0.192 e. The standard InChI is InChI=1S/C44H72BO3/c1-31(2)48-32(3)38(46)44(16,17)47-29-21-28-40(8,9)43(14,15)37(34-24-26-35(27-25-34)39(5,6)7)30-41(10,11)45-33(4)42(12,13)36-22-19-18-20-23-36/h18-20,22-27,31-33,37H,21,28-30H2,1-17H3. The molecule has 0 aliphatic carbocycles. The summed E-state index contributed by atoms with van der Waals surface area (Å²) in [7, 11) is 2.62. The van der Waals surface area contributed by atoms with Gasteiger partial charge in [0.05, 0.1) is 6.10 Å². The summed E-state index contributed by atoms with van der Waals surface area (Å²) in [6.45, 7) is 38.7. The summed E-state index contributed by atoms with van der Waals surface area (Å²) >= 11 is 0. The fourth-order valence-electron chi connectivity index (χ4n) is 7.28. The first-order valence-electron chi connectivity index (χ1n) is 18.6. The second-order valence-electron chi connectivity index (χ2n) is 18.9. The molecule has 0 amide bonds. The third kappa shape index (κ3) is 11.0. The number of benzene rings is 2. The predicted octanol–water partition coefficient (Wildman–Crippen LogP) is 12.2. The van der Waals surface area contributed by atoms with Crippen LogP contribution in [0.1, 0.15) is 160 Å². The van der Waals surface area contributed by atoms with E-state index >= 15 is 0 Å². The van der Waals surface area contributed by atoms with Gasteiger partial charge in [0.1, 0.15) is 19.0 Å². The number of carbonyl (C=O) groups excluding carboxylic acids is 1. The molecular formula is C44H72BO3. The lowest BCUT2D eigenvalue weighted by Gasteiger charge is -2.50. The molecule has 0 bridgehead atoms. The zero-order valence-electron chi connectivity index (χ0n) is 34.1. The summed E-state index contributed by atoms with van der Waals surface area (Å²) in [6.07, 6.45) is 2.46. The molecule has 3 atom stereocenters. The van der Waals surface area contributed by atoms with Crippen LogP contribution in [0, 0.1) is 10.8 Å². The second kappa shape index (κ2) is 16.0. The van der Waals surface area contributed by atoms with Gasteiger partial charge in [0, 0.05) is 6.61 Å². The zero-order chi connectivity index (χ0) is 36.9. The van der Waals surface area contributed by atoms with Crippen LogP contribution in [0.15, 0.2) is 54.6 Å². The van der Waals surface area contributed by atoms with Crippen LogP contribution in [-0.4, -0.2) is 37.5 Å². The first-order chi connectivity index (χ1) is 21.7. The lowest BCUT2D eigenvalue weighted by atomic mass is 9.39. The Morgan fingerprint density at radius 2 is 1.27 bits per heavy atom. The molecule has 0 saturated carbocycles. The maximum absolute atomic E-state index is 13.1. The van der Waals surface area contributed by atoms with Crippen LogP contribution in [0.25, 0.3) is 0 Å². The Hall–Kier alpha value is -1.91. The predicted molar refractivity (Wildman–Crippen MR) is 209 cm³/mol. The van der Waals surface area contributed by atoms with E-state index in [1.54, 1.807) is 0 Å². The molecule has 0 N–H and O–H groups in total. The first-order valence-corrected chi connectivity index (χ1v) is 18.6. The van der Waals surface area contributed by atoms with E-state index in [-0.39, 0.29) is 38.9 Å². The first kappa shape index (κ1) is 42.3. The summed E-state index contributed by atoms with van der Waals surface area (Å²) in [5.74, 6) is 0.734. The average molecular weight is 660 g/mol. The number of hydrogen-bond acceptors (Lipinski definition) is 3. The van der Waals surface area contributed by atoms with E-state index < -0.39 is 11.7 Å². The maximum atomic E-state index is 13.1. The average Bonchev–Trinajstić information content (AvgIpc) is 2.97. The number of rotatable bonds is 18. The Balaban J connectivity index is 2.33. The van der Waals surface area contributed by atoms with Crippen LogP contribution < -0.4 is 0 Å². The topological polar surface area (TPSA) is 35.5 Å². The van der Waals surface area contributed by atoms with Crippen LogP contribution in [-0.2, 0) is 25.1 Å². The van der Waals surface area contributed by atoms with E-state index in [0.29, 0.717) is 18.3 Å². The smallest absolute Gasteiger partial charge is 0.192 e. The Bertz CT molecular complexity index is 1280. The highest BCUT2D eigenvalue weighted by molar-refractivity contribution is 6.42. The summed E-state index contributed by atoms with van der Waals surface area (Å²) in [6, 6.07) is 20.4. The normalized spacial score (nSPS) is 15.7. The molecule has 1 radical (unpaired) electrons. The zero-order valence-corrected chi connectivity index (χ0v) is 34.1. The molecule has 0 heterocycles. The van der Waals surface area contributed by atoms with E-state index in [9.17, 15) is 4.79 Å². The van der Waals surface area contributed by atoms with Crippen LogP contribution in [0.3, 0.4) is 0 Å². The van der Waals surface area contributed by atoms with Crippen molar-refractivity contribution in [1.29, 1.82) is 0 Å². The van der Waals surface area contributed by atoms with Gasteiger partial charge in [-0.1, -0.05) is 149 Å². The molecule has 0 spiro atoms. The van der Waals surface area contributed by atoms with Crippen molar-refractivity contribution in [2.24, 2.45) is 10.8 Å². The summed E-state index contributed by atoms with van der Waals surface area (Å²) < 4.78 is 12.0. The van der Waals surface area contributed by atoms with Gasteiger partial charge in [0.2, 0.25) is 0 Å². The van der Waals surface area contributed by atoms with E-state index in [1.807, 2.05) is 34.6 Å². The van der Waals surface area contributed by atoms with Gasteiger partial charge in [-0.25, -0.2) is 0 Å². The number of hydrogen-bond donors (Lipinski definition) is 0. The highest BCUT2D eigenvalue weighted by atomic mass is 16.5. The minimum atomic E-state index is -0.880. The van der Waals surface area contributed by atoms with Gasteiger partial charge in [0.15, 0.2) is 5.78 Å². The molecule has 0 aliphatic heterocycles. The monoisotopic (exact) mass is 660 g/mol. The Morgan fingerprint density at radius 3 is 1.77 bits per heavy atom. The lowest BCUT2D eigenvalue weighted by Crippen LogP contribution is -2.43. The molecule has 3 nitrogen and oxygen atoms in total. The third-order valence-electron chi connectivity index (χ3n) is 11.7. The van der Waals surface area contributed by atoms with E-state index in [0.717, 1.165) is 19.3 Å². The molecule has 2 rings (SSSR count). The van der Waals surface area contributed by atoms with Crippen molar-refractivity contribution in [1.82, 2.24) is 0 Å². The fraction of sp³-hybridized carbons (Fsp3) is 0.705. The van der Waals surface area contributed by atoms with Crippen LogP contribution >= 0.6 is 0 Å². The Labute approximate surface area is 298 Å². The minimum absolute atomic E-state index is 0.00142. The van der Waals surface area contributed by atoms with Crippen molar-refractivity contribution in [2.45, 2.75) is 183 Å². The molecule has 269 valence electrons. The molecule has 48 heavy (non-hydrogen) atoms. The molecule has 0 aromatic heterocycles. The number of ether oxygens (including phenoxy) is 2. The summed E-state index contributed by atoms with van der Waals surface area (Å²) in [4.78, 5) is 13.1. The quantitative estimate of drug-likeness (QED) is 0.118. The largest absolute Gasteiger partial charge is 0.368 e. The van der Waals surface area contributed by atoms with Crippen molar-refractivity contribution in [3.05, 3.63) is 71.3 Å². The van der Waals surface area contributed by atoms with Crippen molar-refractivity contribution in [3.63, 3.8) is 0 Å². The highest BCUT2D eigenvalue weighted by Gasteiger charge is 2.46. The van der Waals surface area contributed by atoms with E-state index in [2.05, 4.69) is 145 Å². The summed E-state index contributed by atoms with van der Waals surface area (Å²) in [5.41, 5.74) is 3.42. The van der Waals surface area contributed by atoms with Gasteiger partial charge < -0.3 is 9.47 Å². The van der Waals surface area contributed by atoms with Crippen LogP contribution in [0.5, 0.6) is 0 Å². The molecular weight excluding hydrogens is 587 g/mol. The van der Waals surface area contributed by atoms with Crippen LogP contribution in [0.2, 0.25) is 11.1 Å². The van der Waals surface area contributed by atoms with E-state index in [4.69, 9.17) is 9.47 Å². The molecule has 0 saturated heterocycles. The van der Waals surface area contributed by atoms with Gasteiger partial charge in [-0.05, 0) is 98.1 Å². The number of carbonyl (C=O) groups is 1. The third-order valence-corrected chi connectivity index (χ3v) is 11.7. The highest BCUT2D eigenvalue weighted by Crippen LogP contribution is 2.57. The fourth-order valence-corrected chi connectivity index (χ4v) is 7.28. The minimum Gasteiger partial charge on any atom is -0.368 e. The van der Waals surface area contributed by atoms with Gasteiger partial charge >= 0.3 is 0 Å². The summed E-state index contributed by atoms with van der Waals surface area (Å²) in [5, 5.41) is 0.00836. The van der Waals surface area contributed by atoms with Crippen molar-refractivity contribution >= 4 is 13.1 Å². The number of Topliss-reactive ketones (excluding diaryl/α,β-unsaturated/α-hetero) is 1. The van der Waals surface area contributed by atoms with Crippen molar-refractivity contribution in [2.75, 3.05) is 6.61 Å². The van der Waals surface area contributed by atoms with Gasteiger partial charge in [-0.2, -0.15) is 0 Å². The molecule has 0 aliphatic rings. The Kier molecular flexibility index (Phi) is 14.1. The second-order valence-corrected chi connectivity index (χ2v) is 18.9. The van der Waals surface area contributed by atoms with Crippen molar-refractivity contribution < 1.29 is 14.3 Å². The molecule has 0 fully saturated rings. The van der Waals surface area contributed by atoms with Crippen molar-refractivity contribution in [3.8, 4) is 0 Å². The van der Waals surface area contributed by atoms with Crippen LogP contribution in [0.4, 0.5) is 0 Å². The SMILES string of the molecule is CC(C)OC(C)C(=O)C(C)(C)OCCCC(C)(C)C(C)(C)C(CC(C)(C)[B]C(C)C(C)(C)c1ccccc1)c1ccc(C(C)(C)C)cc1. The van der Waals surface area contributed by atoms with E-state index in [1.165, 1.54) is 16.7 Å². The molecule has 2 aromatic carbocycles.